The number of sulfonamides is 1. The molecule has 5 nitrogen and oxygen atoms in total. The Kier molecular flexibility index (Phi) is 4.06. The summed E-state index contributed by atoms with van der Waals surface area (Å²) in [5.74, 6) is 0. The van der Waals surface area contributed by atoms with Crippen molar-refractivity contribution < 1.29 is 13.2 Å². The van der Waals surface area contributed by atoms with Crippen LogP contribution in [0.3, 0.4) is 0 Å². The molecule has 3 N–H and O–H groups in total. The van der Waals surface area contributed by atoms with Crippen LogP contribution in [-0.2, 0) is 14.8 Å². The Balaban J connectivity index is 2.24. The van der Waals surface area contributed by atoms with Crippen molar-refractivity contribution in [2.24, 2.45) is 0 Å². The van der Waals surface area contributed by atoms with E-state index in [9.17, 15) is 8.42 Å². The van der Waals surface area contributed by atoms with E-state index >= 15 is 0 Å². The highest BCUT2D eigenvalue weighted by molar-refractivity contribution is 7.89. The second-order valence-corrected chi connectivity index (χ2v) is 7.05. The highest BCUT2D eigenvalue weighted by Gasteiger charge is 2.32. The second-order valence-electron chi connectivity index (χ2n) is 4.96. The maximum absolute atomic E-state index is 12.3. The van der Waals surface area contributed by atoms with Crippen LogP contribution in [0.1, 0.15) is 19.8 Å². The minimum absolute atomic E-state index is 0.124. The van der Waals surface area contributed by atoms with Crippen molar-refractivity contribution in [2.75, 3.05) is 18.9 Å². The molecular weight excluding hydrogens is 288 g/mol. The first-order chi connectivity index (χ1) is 8.82. The van der Waals surface area contributed by atoms with Crippen LogP contribution in [0.15, 0.2) is 23.1 Å². The molecule has 1 aliphatic heterocycles. The van der Waals surface area contributed by atoms with Crippen LogP contribution in [0, 0.1) is 0 Å². The zero-order chi connectivity index (χ0) is 14.1. The molecule has 1 aromatic rings. The van der Waals surface area contributed by atoms with Crippen molar-refractivity contribution in [3.8, 4) is 0 Å². The molecule has 0 saturated carbocycles. The zero-order valence-electron chi connectivity index (χ0n) is 10.6. The summed E-state index contributed by atoms with van der Waals surface area (Å²) in [5, 5.41) is 0.236. The topological polar surface area (TPSA) is 81.4 Å². The number of ether oxygens (including phenoxy) is 1. The number of anilines is 1. The van der Waals surface area contributed by atoms with Crippen molar-refractivity contribution in [3.05, 3.63) is 23.2 Å². The molecule has 0 bridgehead atoms. The third-order valence-corrected chi connectivity index (χ3v) is 5.22. The Bertz CT molecular complexity index is 568. The largest absolute Gasteiger partial charge is 0.398 e. The Hall–Kier alpha value is -0.820. The fraction of sp³-hybridized carbons (Fsp3) is 0.500. The normalized spacial score (nSPS) is 19.3. The molecule has 1 saturated heterocycles. The Morgan fingerprint density at radius 1 is 1.37 bits per heavy atom. The highest BCUT2D eigenvalue weighted by Crippen LogP contribution is 2.26. The Morgan fingerprint density at radius 2 is 2.00 bits per heavy atom. The van der Waals surface area contributed by atoms with E-state index in [1.54, 1.807) is 0 Å². The fourth-order valence-corrected chi connectivity index (χ4v) is 3.72. The molecule has 1 heterocycles. The van der Waals surface area contributed by atoms with Crippen LogP contribution in [0.25, 0.3) is 0 Å². The summed E-state index contributed by atoms with van der Waals surface area (Å²) < 4.78 is 32.6. The van der Waals surface area contributed by atoms with Crippen molar-refractivity contribution in [1.29, 1.82) is 0 Å². The van der Waals surface area contributed by atoms with Crippen LogP contribution in [0.5, 0.6) is 0 Å². The number of rotatable bonds is 3. The minimum Gasteiger partial charge on any atom is -0.398 e. The average molecular weight is 305 g/mol. The van der Waals surface area contributed by atoms with Crippen LogP contribution in [0.4, 0.5) is 5.69 Å². The highest BCUT2D eigenvalue weighted by atomic mass is 35.5. The summed E-state index contributed by atoms with van der Waals surface area (Å²) in [6.07, 6.45) is 1.30. The number of hydrogen-bond acceptors (Lipinski definition) is 4. The predicted octanol–water partition coefficient (Wildman–Crippen LogP) is 1.77. The van der Waals surface area contributed by atoms with E-state index in [1.165, 1.54) is 18.2 Å². The van der Waals surface area contributed by atoms with Gasteiger partial charge in [0.1, 0.15) is 0 Å². The zero-order valence-corrected chi connectivity index (χ0v) is 12.2. The van der Waals surface area contributed by atoms with Crippen LogP contribution in [0.2, 0.25) is 5.02 Å². The van der Waals surface area contributed by atoms with Crippen LogP contribution >= 0.6 is 11.6 Å². The van der Waals surface area contributed by atoms with Gasteiger partial charge in [-0.15, -0.1) is 0 Å². The molecule has 7 heteroatoms. The van der Waals surface area contributed by atoms with E-state index in [1.807, 2.05) is 6.92 Å². The van der Waals surface area contributed by atoms with E-state index in [0.717, 1.165) is 0 Å². The van der Waals surface area contributed by atoms with E-state index in [0.29, 0.717) is 31.7 Å². The van der Waals surface area contributed by atoms with Gasteiger partial charge in [-0.3, -0.25) is 0 Å². The van der Waals surface area contributed by atoms with E-state index in [-0.39, 0.29) is 9.92 Å². The van der Waals surface area contributed by atoms with Crippen molar-refractivity contribution in [2.45, 2.75) is 30.2 Å². The van der Waals surface area contributed by atoms with Crippen LogP contribution in [-0.4, -0.2) is 27.2 Å². The molecule has 0 spiro atoms. The van der Waals surface area contributed by atoms with Crippen molar-refractivity contribution in [1.82, 2.24) is 4.72 Å². The van der Waals surface area contributed by atoms with Gasteiger partial charge in [-0.25, -0.2) is 13.1 Å². The number of nitrogens with one attached hydrogen (secondary N) is 1. The number of hydrogen-bond donors (Lipinski definition) is 2. The van der Waals surface area contributed by atoms with E-state index < -0.39 is 15.6 Å². The Labute approximate surface area is 118 Å². The van der Waals surface area contributed by atoms with Crippen molar-refractivity contribution >= 4 is 27.3 Å². The summed E-state index contributed by atoms with van der Waals surface area (Å²) in [4.78, 5) is 0.124. The second kappa shape index (κ2) is 5.28. The SMILES string of the molecule is CC1(NS(=O)(=O)c2ccc(N)c(Cl)c2)CCOCC1. The molecule has 1 aromatic carbocycles. The summed E-state index contributed by atoms with van der Waals surface area (Å²) >= 11 is 5.86. The van der Waals surface area contributed by atoms with Gasteiger partial charge in [0.15, 0.2) is 0 Å². The van der Waals surface area contributed by atoms with Gasteiger partial charge < -0.3 is 10.5 Å². The lowest BCUT2D eigenvalue weighted by Crippen LogP contribution is -2.49. The molecule has 1 fully saturated rings. The molecule has 0 unspecified atom stereocenters. The first-order valence-corrected chi connectivity index (χ1v) is 7.85. The number of benzene rings is 1. The lowest BCUT2D eigenvalue weighted by molar-refractivity contribution is 0.0537. The molecule has 106 valence electrons. The monoisotopic (exact) mass is 304 g/mol. The molecule has 0 amide bonds. The summed E-state index contributed by atoms with van der Waals surface area (Å²) in [5.41, 5.74) is 5.46. The van der Waals surface area contributed by atoms with Crippen molar-refractivity contribution in [3.63, 3.8) is 0 Å². The fourth-order valence-electron chi connectivity index (χ4n) is 1.98. The maximum Gasteiger partial charge on any atom is 0.241 e. The van der Waals surface area contributed by atoms with Gasteiger partial charge in [-0.05, 0) is 38.0 Å². The molecule has 2 rings (SSSR count). The minimum atomic E-state index is -3.60. The standard InChI is InChI=1S/C12H17ClN2O3S/c1-12(4-6-18-7-5-12)15-19(16,17)9-2-3-11(14)10(13)8-9/h2-3,8,15H,4-7,14H2,1H3. The molecule has 0 aromatic heterocycles. The third-order valence-electron chi connectivity index (χ3n) is 3.26. The predicted molar refractivity (Wildman–Crippen MR) is 74.6 cm³/mol. The van der Waals surface area contributed by atoms with Gasteiger partial charge in [0.05, 0.1) is 15.6 Å². The number of nitrogens with two attached hydrogens (primary N) is 1. The first-order valence-electron chi connectivity index (χ1n) is 5.99. The van der Waals surface area contributed by atoms with Gasteiger partial charge in [0, 0.05) is 18.8 Å². The molecule has 0 radical (unpaired) electrons. The number of nitrogen functional groups attached to an aromatic ring is 1. The quantitative estimate of drug-likeness (QED) is 0.834. The van der Waals surface area contributed by atoms with Gasteiger partial charge in [-0.1, -0.05) is 11.6 Å². The first kappa shape index (κ1) is 14.6. The smallest absolute Gasteiger partial charge is 0.241 e. The third kappa shape index (κ3) is 3.39. The number of halogens is 1. The van der Waals surface area contributed by atoms with Crippen LogP contribution < -0.4 is 10.5 Å². The lowest BCUT2D eigenvalue weighted by atomic mass is 9.94. The molecule has 0 atom stereocenters. The Morgan fingerprint density at radius 3 is 2.58 bits per heavy atom. The molecule has 0 aliphatic carbocycles. The summed E-state index contributed by atoms with van der Waals surface area (Å²) in [6, 6.07) is 4.30. The molecule has 1 aliphatic rings. The van der Waals surface area contributed by atoms with E-state index in [4.69, 9.17) is 22.1 Å². The lowest BCUT2D eigenvalue weighted by Gasteiger charge is -2.34. The molecule has 19 heavy (non-hydrogen) atoms. The molecular formula is C12H17ClN2O3S. The summed E-state index contributed by atoms with van der Waals surface area (Å²) in [7, 11) is -3.60. The van der Waals surface area contributed by atoms with Gasteiger partial charge >= 0.3 is 0 Å². The van der Waals surface area contributed by atoms with Gasteiger partial charge in [0.25, 0.3) is 0 Å². The summed E-state index contributed by atoms with van der Waals surface area (Å²) in [6.45, 7) is 3.00. The van der Waals surface area contributed by atoms with Gasteiger partial charge in [0.2, 0.25) is 10.0 Å². The van der Waals surface area contributed by atoms with E-state index in [2.05, 4.69) is 4.72 Å². The maximum atomic E-state index is 12.3. The average Bonchev–Trinajstić information content (AvgIpc) is 2.32. The van der Waals surface area contributed by atoms with Gasteiger partial charge in [-0.2, -0.15) is 0 Å².